The number of carbonyl (C=O) groups is 1. The zero-order valence-corrected chi connectivity index (χ0v) is 11.8. The minimum absolute atomic E-state index is 0.108. The fourth-order valence-electron chi connectivity index (χ4n) is 2.24. The highest BCUT2D eigenvalue weighted by molar-refractivity contribution is 5.87. The molecule has 104 valence electrons. The highest BCUT2D eigenvalue weighted by Crippen LogP contribution is 2.23. The maximum absolute atomic E-state index is 10.9. The van der Waals surface area contributed by atoms with Crippen LogP contribution in [0.4, 0.5) is 0 Å². The van der Waals surface area contributed by atoms with Crippen molar-refractivity contribution in [2.75, 3.05) is 13.2 Å². The van der Waals surface area contributed by atoms with E-state index in [1.807, 2.05) is 26.8 Å². The lowest BCUT2D eigenvalue weighted by Crippen LogP contribution is -2.27. The first-order valence-corrected chi connectivity index (χ1v) is 6.56. The Labute approximate surface area is 114 Å². The maximum atomic E-state index is 10.9. The van der Waals surface area contributed by atoms with Crippen molar-refractivity contribution in [3.05, 3.63) is 34.9 Å². The van der Waals surface area contributed by atoms with Crippen LogP contribution in [0.2, 0.25) is 0 Å². The summed E-state index contributed by atoms with van der Waals surface area (Å²) in [6.45, 7) is 9.39. The molecule has 0 saturated carbocycles. The average Bonchev–Trinajstić information content (AvgIpc) is 2.68. The normalized spacial score (nSPS) is 15.5. The second kappa shape index (κ2) is 5.31. The molecule has 0 atom stereocenters. The molecule has 1 aromatic rings. The van der Waals surface area contributed by atoms with Crippen LogP contribution in [-0.4, -0.2) is 34.7 Å². The van der Waals surface area contributed by atoms with Crippen LogP contribution < -0.4 is 0 Å². The predicted octanol–water partition coefficient (Wildman–Crippen LogP) is 2.52. The van der Waals surface area contributed by atoms with Crippen molar-refractivity contribution in [2.45, 2.75) is 39.5 Å². The first-order chi connectivity index (χ1) is 8.85. The number of ether oxygens (including phenoxy) is 1. The van der Waals surface area contributed by atoms with Gasteiger partial charge >= 0.3 is 5.97 Å². The number of fused-ring (bicyclic) bond motifs is 1. The molecular weight excluding hydrogens is 242 g/mol. The van der Waals surface area contributed by atoms with Gasteiger partial charge in [-0.3, -0.25) is 4.90 Å². The van der Waals surface area contributed by atoms with Crippen molar-refractivity contribution in [3.63, 3.8) is 0 Å². The highest BCUT2D eigenvalue weighted by atomic mass is 16.5. The van der Waals surface area contributed by atoms with Gasteiger partial charge in [-0.1, -0.05) is 6.07 Å². The third kappa shape index (κ3) is 3.78. The molecule has 0 amide bonds. The number of benzene rings is 1. The van der Waals surface area contributed by atoms with E-state index in [9.17, 15) is 4.79 Å². The van der Waals surface area contributed by atoms with Gasteiger partial charge in [0.2, 0.25) is 0 Å². The van der Waals surface area contributed by atoms with E-state index in [2.05, 4.69) is 4.90 Å². The molecule has 4 heteroatoms. The summed E-state index contributed by atoms with van der Waals surface area (Å²) in [5, 5.41) is 8.98. The zero-order chi connectivity index (χ0) is 14.0. The molecular formula is C15H21NO3. The minimum atomic E-state index is -0.864. The molecule has 1 aromatic carbocycles. The topological polar surface area (TPSA) is 49.8 Å². The number of carboxylic acids is 1. The Morgan fingerprint density at radius 1 is 1.32 bits per heavy atom. The molecule has 0 bridgehead atoms. The average molecular weight is 263 g/mol. The maximum Gasteiger partial charge on any atom is 0.335 e. The molecule has 0 fully saturated rings. The summed E-state index contributed by atoms with van der Waals surface area (Å²) < 4.78 is 5.72. The molecule has 2 rings (SSSR count). The van der Waals surface area contributed by atoms with Crippen LogP contribution in [0.1, 0.15) is 42.3 Å². The van der Waals surface area contributed by atoms with Gasteiger partial charge in [0.05, 0.1) is 17.8 Å². The Kier molecular flexibility index (Phi) is 3.92. The standard InChI is InChI=1S/C15H21NO3/c1-15(2,3)19-7-6-16-9-12-5-4-11(14(17)18)8-13(12)10-16/h4-5,8H,6-7,9-10H2,1-3H3,(H,17,18). The van der Waals surface area contributed by atoms with E-state index >= 15 is 0 Å². The summed E-state index contributed by atoms with van der Waals surface area (Å²) in [4.78, 5) is 13.2. The van der Waals surface area contributed by atoms with E-state index in [0.29, 0.717) is 12.2 Å². The summed E-state index contributed by atoms with van der Waals surface area (Å²) in [5.41, 5.74) is 2.60. The van der Waals surface area contributed by atoms with Crippen molar-refractivity contribution in [1.29, 1.82) is 0 Å². The van der Waals surface area contributed by atoms with E-state index in [1.165, 1.54) is 5.56 Å². The van der Waals surface area contributed by atoms with Crippen molar-refractivity contribution in [3.8, 4) is 0 Å². The summed E-state index contributed by atoms with van der Waals surface area (Å²) in [5.74, 6) is -0.864. The molecule has 0 saturated heterocycles. The van der Waals surface area contributed by atoms with Crippen LogP contribution in [-0.2, 0) is 17.8 Å². The molecule has 4 nitrogen and oxygen atoms in total. The van der Waals surface area contributed by atoms with Gasteiger partial charge in [0.1, 0.15) is 0 Å². The van der Waals surface area contributed by atoms with Gasteiger partial charge < -0.3 is 9.84 Å². The molecule has 1 aliphatic rings. The summed E-state index contributed by atoms with van der Waals surface area (Å²) in [7, 11) is 0. The molecule has 0 unspecified atom stereocenters. The predicted molar refractivity (Wildman–Crippen MR) is 73.2 cm³/mol. The summed E-state index contributed by atoms with van der Waals surface area (Å²) in [6, 6.07) is 5.38. The van der Waals surface area contributed by atoms with Gasteiger partial charge in [-0.25, -0.2) is 4.79 Å². The van der Waals surface area contributed by atoms with E-state index in [-0.39, 0.29) is 5.60 Å². The van der Waals surface area contributed by atoms with Gasteiger partial charge in [-0.05, 0) is 44.0 Å². The monoisotopic (exact) mass is 263 g/mol. The second-order valence-electron chi connectivity index (χ2n) is 5.96. The third-order valence-corrected chi connectivity index (χ3v) is 3.18. The van der Waals surface area contributed by atoms with Crippen LogP contribution in [0.25, 0.3) is 0 Å². The lowest BCUT2D eigenvalue weighted by molar-refractivity contribution is -0.0135. The Bertz CT molecular complexity index is 477. The lowest BCUT2D eigenvalue weighted by Gasteiger charge is -2.22. The van der Waals surface area contributed by atoms with E-state index in [0.717, 1.165) is 25.2 Å². The van der Waals surface area contributed by atoms with Crippen LogP contribution in [0.15, 0.2) is 18.2 Å². The quantitative estimate of drug-likeness (QED) is 0.907. The van der Waals surface area contributed by atoms with E-state index in [4.69, 9.17) is 9.84 Å². The summed E-state index contributed by atoms with van der Waals surface area (Å²) >= 11 is 0. The zero-order valence-electron chi connectivity index (χ0n) is 11.8. The van der Waals surface area contributed by atoms with Crippen molar-refractivity contribution >= 4 is 5.97 Å². The number of hydrogen-bond donors (Lipinski definition) is 1. The molecule has 0 radical (unpaired) electrons. The summed E-state index contributed by atoms with van der Waals surface area (Å²) in [6.07, 6.45) is 0. The minimum Gasteiger partial charge on any atom is -0.478 e. The molecule has 1 heterocycles. The van der Waals surface area contributed by atoms with Crippen LogP contribution in [0.5, 0.6) is 0 Å². The van der Waals surface area contributed by atoms with Crippen LogP contribution in [0.3, 0.4) is 0 Å². The van der Waals surface area contributed by atoms with Gasteiger partial charge in [0.25, 0.3) is 0 Å². The van der Waals surface area contributed by atoms with E-state index in [1.54, 1.807) is 12.1 Å². The Morgan fingerprint density at radius 3 is 2.63 bits per heavy atom. The number of rotatable bonds is 4. The number of hydrogen-bond acceptors (Lipinski definition) is 3. The van der Waals surface area contributed by atoms with Crippen LogP contribution >= 0.6 is 0 Å². The van der Waals surface area contributed by atoms with Crippen LogP contribution in [0, 0.1) is 0 Å². The van der Waals surface area contributed by atoms with Crippen molar-refractivity contribution in [1.82, 2.24) is 4.90 Å². The van der Waals surface area contributed by atoms with E-state index < -0.39 is 5.97 Å². The smallest absolute Gasteiger partial charge is 0.335 e. The fourth-order valence-corrected chi connectivity index (χ4v) is 2.24. The van der Waals surface area contributed by atoms with Gasteiger partial charge in [-0.15, -0.1) is 0 Å². The first-order valence-electron chi connectivity index (χ1n) is 6.56. The molecule has 1 aliphatic heterocycles. The van der Waals surface area contributed by atoms with Gasteiger partial charge in [0.15, 0.2) is 0 Å². The SMILES string of the molecule is CC(C)(C)OCCN1Cc2ccc(C(=O)O)cc2C1. The first kappa shape index (κ1) is 14.0. The number of aromatic carboxylic acids is 1. The molecule has 0 spiro atoms. The van der Waals surface area contributed by atoms with Crippen molar-refractivity contribution < 1.29 is 14.6 Å². The fraction of sp³-hybridized carbons (Fsp3) is 0.533. The Morgan fingerprint density at radius 2 is 2.00 bits per heavy atom. The largest absolute Gasteiger partial charge is 0.478 e. The molecule has 1 N–H and O–H groups in total. The molecule has 19 heavy (non-hydrogen) atoms. The van der Waals surface area contributed by atoms with Gasteiger partial charge in [0, 0.05) is 19.6 Å². The molecule has 0 aromatic heterocycles. The van der Waals surface area contributed by atoms with Crippen molar-refractivity contribution in [2.24, 2.45) is 0 Å². The molecule has 0 aliphatic carbocycles. The number of nitrogens with zero attached hydrogens (tertiary/aromatic N) is 1. The number of carboxylic acid groups (broad SMARTS) is 1. The Balaban J connectivity index is 1.91. The van der Waals surface area contributed by atoms with Gasteiger partial charge in [-0.2, -0.15) is 0 Å². The Hall–Kier alpha value is -1.39. The highest BCUT2D eigenvalue weighted by Gasteiger charge is 2.20. The second-order valence-corrected chi connectivity index (χ2v) is 5.96. The third-order valence-electron chi connectivity index (χ3n) is 3.18. The lowest BCUT2D eigenvalue weighted by atomic mass is 10.1.